The van der Waals surface area contributed by atoms with Crippen LogP contribution < -0.4 is 0 Å². The van der Waals surface area contributed by atoms with E-state index in [0.717, 1.165) is 34.4 Å². The largest absolute Gasteiger partial charge is 0.315 e. The van der Waals surface area contributed by atoms with Gasteiger partial charge in [-0.15, -0.1) is 0 Å². The maximum Gasteiger partial charge on any atom is 0.152 e. The molecule has 0 spiro atoms. The minimum Gasteiger partial charge on any atom is -0.315 e. The van der Waals surface area contributed by atoms with Crippen LogP contribution in [0.25, 0.3) is 28.1 Å². The van der Waals surface area contributed by atoms with Gasteiger partial charge in [0.2, 0.25) is 0 Å². The van der Waals surface area contributed by atoms with E-state index < -0.39 is 0 Å². The second-order valence-corrected chi connectivity index (χ2v) is 5.86. The first-order valence-corrected chi connectivity index (χ1v) is 8.25. The van der Waals surface area contributed by atoms with Gasteiger partial charge in [-0.1, -0.05) is 78.9 Å². The zero-order chi connectivity index (χ0) is 17.1. The topological polar surface area (TPSA) is 22.0 Å². The summed E-state index contributed by atoms with van der Waals surface area (Å²) in [5.41, 5.74) is 5.84. The molecule has 2 heteroatoms. The first-order chi connectivity index (χ1) is 12.4. The van der Waals surface area contributed by atoms with Crippen molar-refractivity contribution < 1.29 is 4.79 Å². The van der Waals surface area contributed by atoms with E-state index in [1.807, 2.05) is 72.9 Å². The van der Waals surface area contributed by atoms with E-state index in [1.165, 1.54) is 0 Å². The molecule has 0 N–H and O–H groups in total. The van der Waals surface area contributed by atoms with Crippen molar-refractivity contribution in [2.24, 2.45) is 0 Å². The lowest BCUT2D eigenvalue weighted by molar-refractivity contribution is 0.112. The molecule has 1 heterocycles. The first kappa shape index (κ1) is 15.2. The van der Waals surface area contributed by atoms with Crippen LogP contribution in [0.3, 0.4) is 0 Å². The maximum atomic E-state index is 11.8. The Kier molecular flexibility index (Phi) is 4.01. The molecule has 120 valence electrons. The number of hydrogen-bond donors (Lipinski definition) is 0. The van der Waals surface area contributed by atoms with Gasteiger partial charge in [-0.25, -0.2) is 0 Å². The summed E-state index contributed by atoms with van der Waals surface area (Å²) in [6.07, 6.45) is 2.86. The average Bonchev–Trinajstić information content (AvgIpc) is 3.10. The molecule has 0 amide bonds. The van der Waals surface area contributed by atoms with Crippen LogP contribution in [0.1, 0.15) is 10.4 Å². The van der Waals surface area contributed by atoms with Crippen molar-refractivity contribution in [2.45, 2.75) is 0 Å². The Bertz CT molecular complexity index is 986. The molecule has 0 atom stereocenters. The fraction of sp³-hybridized carbons (Fsp3) is 0. The normalized spacial score (nSPS) is 10.6. The monoisotopic (exact) mass is 323 g/mol. The van der Waals surface area contributed by atoms with Crippen molar-refractivity contribution in [1.29, 1.82) is 0 Å². The van der Waals surface area contributed by atoms with E-state index in [9.17, 15) is 4.79 Å². The highest BCUT2D eigenvalue weighted by atomic mass is 16.1. The molecule has 25 heavy (non-hydrogen) atoms. The van der Waals surface area contributed by atoms with Gasteiger partial charge in [-0.3, -0.25) is 4.79 Å². The zero-order valence-electron chi connectivity index (χ0n) is 13.7. The zero-order valence-corrected chi connectivity index (χ0v) is 13.7. The van der Waals surface area contributed by atoms with Gasteiger partial charge in [0.1, 0.15) is 0 Å². The number of para-hydroxylation sites is 1. The molecular formula is C23H17NO. The Labute approximate surface area is 147 Å². The van der Waals surface area contributed by atoms with E-state index in [2.05, 4.69) is 28.8 Å². The second-order valence-electron chi connectivity index (χ2n) is 5.86. The lowest BCUT2D eigenvalue weighted by Gasteiger charge is -2.12. The van der Waals surface area contributed by atoms with Crippen molar-refractivity contribution in [3.8, 4) is 28.1 Å². The number of hydrogen-bond acceptors (Lipinski definition) is 1. The smallest absolute Gasteiger partial charge is 0.152 e. The molecule has 0 aliphatic heterocycles. The Morgan fingerprint density at radius 3 is 1.72 bits per heavy atom. The summed E-state index contributed by atoms with van der Waals surface area (Å²) in [6, 6.07) is 30.4. The summed E-state index contributed by atoms with van der Waals surface area (Å²) in [7, 11) is 0. The summed E-state index contributed by atoms with van der Waals surface area (Å²) < 4.78 is 2.10. The minimum absolute atomic E-state index is 0.689. The van der Waals surface area contributed by atoms with Gasteiger partial charge in [0.25, 0.3) is 0 Å². The van der Waals surface area contributed by atoms with Crippen LogP contribution in [0.4, 0.5) is 0 Å². The maximum absolute atomic E-state index is 11.8. The molecule has 0 radical (unpaired) electrons. The highest BCUT2D eigenvalue weighted by Gasteiger charge is 2.19. The van der Waals surface area contributed by atoms with Gasteiger partial charge < -0.3 is 4.57 Å². The molecule has 0 fully saturated rings. The van der Waals surface area contributed by atoms with Gasteiger partial charge >= 0.3 is 0 Å². The molecule has 0 saturated heterocycles. The lowest BCUT2D eigenvalue weighted by Crippen LogP contribution is -1.95. The predicted octanol–water partition coefficient (Wildman–Crippen LogP) is 5.62. The predicted molar refractivity (Wildman–Crippen MR) is 102 cm³/mol. The Hall–Kier alpha value is -3.39. The number of benzene rings is 3. The van der Waals surface area contributed by atoms with Crippen molar-refractivity contribution in [3.63, 3.8) is 0 Å². The van der Waals surface area contributed by atoms with Crippen LogP contribution in [0, 0.1) is 0 Å². The molecule has 4 rings (SSSR count). The van der Waals surface area contributed by atoms with Gasteiger partial charge in [-0.2, -0.15) is 0 Å². The number of carbonyl (C=O) groups is 1. The SMILES string of the molecule is O=Cc1cn(-c2ccccc2)c(-c2ccccc2)c1-c1ccccc1. The number of carbonyl (C=O) groups excluding carboxylic acids is 1. The van der Waals surface area contributed by atoms with Gasteiger partial charge in [0, 0.05) is 23.0 Å². The summed E-state index contributed by atoms with van der Waals surface area (Å²) in [5.74, 6) is 0. The highest BCUT2D eigenvalue weighted by molar-refractivity contribution is 5.96. The molecule has 1 aromatic heterocycles. The van der Waals surface area contributed by atoms with Crippen LogP contribution >= 0.6 is 0 Å². The van der Waals surface area contributed by atoms with E-state index in [0.29, 0.717) is 5.56 Å². The van der Waals surface area contributed by atoms with Gasteiger partial charge in [-0.05, 0) is 23.3 Å². The lowest BCUT2D eigenvalue weighted by atomic mass is 9.98. The van der Waals surface area contributed by atoms with E-state index in [1.54, 1.807) is 0 Å². The summed E-state index contributed by atoms with van der Waals surface area (Å²) in [4.78, 5) is 11.8. The molecule has 0 bridgehead atoms. The molecule has 0 unspecified atom stereocenters. The highest BCUT2D eigenvalue weighted by Crippen LogP contribution is 2.37. The van der Waals surface area contributed by atoms with Crippen molar-refractivity contribution in [2.75, 3.05) is 0 Å². The van der Waals surface area contributed by atoms with Crippen LogP contribution in [-0.4, -0.2) is 10.9 Å². The number of nitrogens with zero attached hydrogens (tertiary/aromatic N) is 1. The van der Waals surface area contributed by atoms with Crippen LogP contribution in [0.15, 0.2) is 97.2 Å². The number of aldehydes is 1. The quantitative estimate of drug-likeness (QED) is 0.446. The van der Waals surface area contributed by atoms with Crippen LogP contribution in [0.2, 0.25) is 0 Å². The summed E-state index contributed by atoms with van der Waals surface area (Å²) in [6.45, 7) is 0. The van der Waals surface area contributed by atoms with Crippen LogP contribution in [0.5, 0.6) is 0 Å². The standard InChI is InChI=1S/C23H17NO/c25-17-20-16-24(21-14-8-3-9-15-21)23(19-12-6-2-7-13-19)22(20)18-10-4-1-5-11-18/h1-17H. The molecule has 0 aliphatic rings. The molecule has 2 nitrogen and oxygen atoms in total. The van der Waals surface area contributed by atoms with Crippen LogP contribution in [-0.2, 0) is 0 Å². The molecule has 0 aliphatic carbocycles. The van der Waals surface area contributed by atoms with Crippen molar-refractivity contribution in [1.82, 2.24) is 4.57 Å². The molecule has 0 saturated carbocycles. The molecular weight excluding hydrogens is 306 g/mol. The van der Waals surface area contributed by atoms with E-state index >= 15 is 0 Å². The molecule has 4 aromatic rings. The van der Waals surface area contributed by atoms with E-state index in [-0.39, 0.29) is 0 Å². The minimum atomic E-state index is 0.689. The van der Waals surface area contributed by atoms with Crippen molar-refractivity contribution >= 4 is 6.29 Å². The Balaban J connectivity index is 2.07. The van der Waals surface area contributed by atoms with Crippen molar-refractivity contribution in [3.05, 3.63) is 103 Å². The number of rotatable bonds is 4. The average molecular weight is 323 g/mol. The van der Waals surface area contributed by atoms with E-state index in [4.69, 9.17) is 0 Å². The molecule has 3 aromatic carbocycles. The summed E-state index contributed by atoms with van der Waals surface area (Å²) in [5, 5.41) is 0. The summed E-state index contributed by atoms with van der Waals surface area (Å²) >= 11 is 0. The Morgan fingerprint density at radius 1 is 0.640 bits per heavy atom. The first-order valence-electron chi connectivity index (χ1n) is 8.25. The third-order valence-electron chi connectivity index (χ3n) is 4.31. The van der Waals surface area contributed by atoms with Gasteiger partial charge in [0.05, 0.1) is 5.69 Å². The second kappa shape index (κ2) is 6.62. The third-order valence-corrected chi connectivity index (χ3v) is 4.31. The fourth-order valence-electron chi connectivity index (χ4n) is 3.19. The third kappa shape index (κ3) is 2.79. The fourth-order valence-corrected chi connectivity index (χ4v) is 3.19. The Morgan fingerprint density at radius 2 is 1.16 bits per heavy atom. The van der Waals surface area contributed by atoms with Gasteiger partial charge in [0.15, 0.2) is 6.29 Å². The number of aromatic nitrogens is 1.